The Morgan fingerprint density at radius 2 is 1.46 bits per heavy atom. The molecule has 0 radical (unpaired) electrons. The van der Waals surface area contributed by atoms with E-state index in [2.05, 4.69) is 5.32 Å². The standard InChI is InChI=1S/C22H18ClNO2/c23-18-13-10-16(11-14-18)12-15-21(25)24-20-9-5-4-8-19(20)22(26)17-6-2-1-3-7-17/h1-11,13-14H,12,15H2,(H,24,25). The second-order valence-electron chi connectivity index (χ2n) is 5.92. The molecule has 26 heavy (non-hydrogen) atoms. The van der Waals surface area contributed by atoms with Gasteiger partial charge in [-0.2, -0.15) is 0 Å². The van der Waals surface area contributed by atoms with Crippen LogP contribution in [0.4, 0.5) is 5.69 Å². The lowest BCUT2D eigenvalue weighted by Crippen LogP contribution is -2.15. The van der Waals surface area contributed by atoms with Crippen molar-refractivity contribution in [3.63, 3.8) is 0 Å². The van der Waals surface area contributed by atoms with E-state index < -0.39 is 0 Å². The Bertz CT molecular complexity index is 905. The van der Waals surface area contributed by atoms with Crippen LogP contribution < -0.4 is 5.32 Å². The smallest absolute Gasteiger partial charge is 0.224 e. The number of ketones is 1. The monoisotopic (exact) mass is 363 g/mol. The second-order valence-corrected chi connectivity index (χ2v) is 6.35. The number of para-hydroxylation sites is 1. The molecule has 0 aliphatic heterocycles. The topological polar surface area (TPSA) is 46.2 Å². The molecule has 0 fully saturated rings. The first-order valence-corrected chi connectivity index (χ1v) is 8.74. The average molecular weight is 364 g/mol. The first kappa shape index (κ1) is 17.9. The lowest BCUT2D eigenvalue weighted by atomic mass is 10.0. The number of hydrogen-bond acceptors (Lipinski definition) is 2. The van der Waals surface area contributed by atoms with Crippen LogP contribution in [0.2, 0.25) is 5.02 Å². The molecular formula is C22H18ClNO2. The number of benzene rings is 3. The lowest BCUT2D eigenvalue weighted by molar-refractivity contribution is -0.116. The number of carbonyl (C=O) groups is 2. The predicted molar refractivity (Wildman–Crippen MR) is 105 cm³/mol. The number of anilines is 1. The molecule has 0 heterocycles. The highest BCUT2D eigenvalue weighted by atomic mass is 35.5. The van der Waals surface area contributed by atoms with Crippen molar-refractivity contribution in [1.82, 2.24) is 0 Å². The number of amides is 1. The minimum absolute atomic E-state index is 0.112. The van der Waals surface area contributed by atoms with Gasteiger partial charge in [-0.1, -0.05) is 66.2 Å². The highest BCUT2D eigenvalue weighted by Gasteiger charge is 2.14. The molecule has 3 nitrogen and oxygen atoms in total. The minimum Gasteiger partial charge on any atom is -0.325 e. The largest absolute Gasteiger partial charge is 0.325 e. The maximum absolute atomic E-state index is 12.7. The zero-order valence-electron chi connectivity index (χ0n) is 14.1. The maximum atomic E-state index is 12.7. The fourth-order valence-corrected chi connectivity index (χ4v) is 2.78. The first-order chi connectivity index (χ1) is 12.6. The van der Waals surface area contributed by atoms with Gasteiger partial charge in [0, 0.05) is 22.6 Å². The van der Waals surface area contributed by atoms with Gasteiger partial charge in [0.05, 0.1) is 5.69 Å². The maximum Gasteiger partial charge on any atom is 0.224 e. The molecular weight excluding hydrogens is 346 g/mol. The molecule has 3 rings (SSSR count). The molecule has 0 spiro atoms. The molecule has 0 saturated heterocycles. The highest BCUT2D eigenvalue weighted by molar-refractivity contribution is 6.30. The Balaban J connectivity index is 1.69. The van der Waals surface area contributed by atoms with Gasteiger partial charge >= 0.3 is 0 Å². The van der Waals surface area contributed by atoms with Crippen molar-refractivity contribution in [2.75, 3.05) is 5.32 Å². The summed E-state index contributed by atoms with van der Waals surface area (Å²) in [5.41, 5.74) is 2.65. The Labute approximate surface area is 157 Å². The summed E-state index contributed by atoms with van der Waals surface area (Å²) in [6.45, 7) is 0. The lowest BCUT2D eigenvalue weighted by Gasteiger charge is -2.10. The number of aryl methyl sites for hydroxylation is 1. The number of nitrogens with one attached hydrogen (secondary N) is 1. The number of hydrogen-bond donors (Lipinski definition) is 1. The zero-order chi connectivity index (χ0) is 18.4. The minimum atomic E-state index is -0.131. The van der Waals surface area contributed by atoms with Crippen LogP contribution in [0.5, 0.6) is 0 Å². The Morgan fingerprint density at radius 1 is 0.808 bits per heavy atom. The van der Waals surface area contributed by atoms with E-state index in [0.717, 1.165) is 5.56 Å². The van der Waals surface area contributed by atoms with Crippen molar-refractivity contribution >= 4 is 29.0 Å². The fourth-order valence-electron chi connectivity index (χ4n) is 2.66. The van der Waals surface area contributed by atoms with Crippen molar-refractivity contribution in [2.24, 2.45) is 0 Å². The molecule has 4 heteroatoms. The summed E-state index contributed by atoms with van der Waals surface area (Å²) < 4.78 is 0. The van der Waals surface area contributed by atoms with Gasteiger partial charge in [-0.3, -0.25) is 9.59 Å². The molecule has 130 valence electrons. The van der Waals surface area contributed by atoms with Crippen LogP contribution in [0.15, 0.2) is 78.9 Å². The number of carbonyl (C=O) groups excluding carboxylic acids is 2. The predicted octanol–water partition coefficient (Wildman–Crippen LogP) is 5.14. The molecule has 0 aliphatic rings. The van der Waals surface area contributed by atoms with E-state index in [4.69, 9.17) is 11.6 Å². The molecule has 1 amide bonds. The number of rotatable bonds is 6. The van der Waals surface area contributed by atoms with Gasteiger partial charge in [-0.05, 0) is 36.2 Å². The normalized spacial score (nSPS) is 10.3. The van der Waals surface area contributed by atoms with E-state index >= 15 is 0 Å². The van der Waals surface area contributed by atoms with Crippen LogP contribution in [0, 0.1) is 0 Å². The molecule has 0 saturated carbocycles. The van der Waals surface area contributed by atoms with Crippen molar-refractivity contribution < 1.29 is 9.59 Å². The van der Waals surface area contributed by atoms with E-state index in [9.17, 15) is 9.59 Å². The van der Waals surface area contributed by atoms with Crippen LogP contribution >= 0.6 is 11.6 Å². The van der Waals surface area contributed by atoms with Crippen LogP contribution in [0.25, 0.3) is 0 Å². The van der Waals surface area contributed by atoms with E-state index in [-0.39, 0.29) is 11.7 Å². The first-order valence-electron chi connectivity index (χ1n) is 8.36. The molecule has 0 atom stereocenters. The van der Waals surface area contributed by atoms with E-state index in [1.165, 1.54) is 0 Å². The SMILES string of the molecule is O=C(CCc1ccc(Cl)cc1)Nc1ccccc1C(=O)c1ccccc1. The summed E-state index contributed by atoms with van der Waals surface area (Å²) in [7, 11) is 0. The summed E-state index contributed by atoms with van der Waals surface area (Å²) in [4.78, 5) is 25.0. The van der Waals surface area contributed by atoms with Gasteiger partial charge in [-0.15, -0.1) is 0 Å². The molecule has 0 bridgehead atoms. The second kappa shape index (κ2) is 8.45. The molecule has 0 aromatic heterocycles. The van der Waals surface area contributed by atoms with E-state index in [1.54, 1.807) is 36.4 Å². The van der Waals surface area contributed by atoms with Gasteiger partial charge in [0.25, 0.3) is 0 Å². The third kappa shape index (κ3) is 4.58. The van der Waals surface area contributed by atoms with Crippen LogP contribution in [0.3, 0.4) is 0 Å². The Hall–Kier alpha value is -2.91. The molecule has 0 unspecified atom stereocenters. The van der Waals surface area contributed by atoms with Crippen molar-refractivity contribution in [2.45, 2.75) is 12.8 Å². The Kier molecular flexibility index (Phi) is 5.82. The van der Waals surface area contributed by atoms with Gasteiger partial charge < -0.3 is 5.32 Å². The number of halogens is 1. The van der Waals surface area contributed by atoms with E-state index in [0.29, 0.717) is 34.7 Å². The summed E-state index contributed by atoms with van der Waals surface area (Å²) >= 11 is 5.87. The average Bonchev–Trinajstić information content (AvgIpc) is 2.68. The van der Waals surface area contributed by atoms with Crippen LogP contribution in [-0.4, -0.2) is 11.7 Å². The third-order valence-electron chi connectivity index (χ3n) is 4.04. The zero-order valence-corrected chi connectivity index (χ0v) is 14.9. The summed E-state index contributed by atoms with van der Waals surface area (Å²) in [5.74, 6) is -0.243. The summed E-state index contributed by atoms with van der Waals surface area (Å²) in [5, 5.41) is 3.53. The Morgan fingerprint density at radius 3 is 2.19 bits per heavy atom. The molecule has 0 aliphatic carbocycles. The van der Waals surface area contributed by atoms with Gasteiger partial charge in [0.15, 0.2) is 5.78 Å². The van der Waals surface area contributed by atoms with Crippen molar-refractivity contribution in [3.8, 4) is 0 Å². The van der Waals surface area contributed by atoms with Crippen molar-refractivity contribution in [3.05, 3.63) is 101 Å². The van der Waals surface area contributed by atoms with Gasteiger partial charge in [0.2, 0.25) is 5.91 Å². The molecule has 1 N–H and O–H groups in total. The van der Waals surface area contributed by atoms with Crippen LogP contribution in [0.1, 0.15) is 27.9 Å². The quantitative estimate of drug-likeness (QED) is 0.616. The van der Waals surface area contributed by atoms with Crippen LogP contribution in [-0.2, 0) is 11.2 Å². The van der Waals surface area contributed by atoms with Crippen molar-refractivity contribution in [1.29, 1.82) is 0 Å². The third-order valence-corrected chi connectivity index (χ3v) is 4.29. The van der Waals surface area contributed by atoms with Gasteiger partial charge in [0.1, 0.15) is 0 Å². The molecule has 3 aromatic carbocycles. The van der Waals surface area contributed by atoms with Gasteiger partial charge in [-0.25, -0.2) is 0 Å². The summed E-state index contributed by atoms with van der Waals surface area (Å²) in [6, 6.07) is 23.5. The summed E-state index contributed by atoms with van der Waals surface area (Å²) in [6.07, 6.45) is 0.938. The highest BCUT2D eigenvalue weighted by Crippen LogP contribution is 2.20. The fraction of sp³-hybridized carbons (Fsp3) is 0.0909. The van der Waals surface area contributed by atoms with E-state index in [1.807, 2.05) is 42.5 Å². The molecule has 3 aromatic rings.